The van der Waals surface area contributed by atoms with Crippen LogP contribution in [0, 0.1) is 13.8 Å². The molecule has 5 nitrogen and oxygen atoms in total. The standard InChI is InChI=1S/C38H31N3O2S/c1-22-19-23(2)33-30(20-22)31(34(39-33)25-10-5-4-6-11-25)21-32-37(42)41-36(26-13-16-27(43-3)17-14-26)29-18-15-24-9-7-8-12-28(24)35(29)40-38(41)44-32/h4-14,16-17,19-21,36,39H,15,18H2,1-3H3/b32-21+/t36-/m1/s1. The lowest BCUT2D eigenvalue weighted by Crippen LogP contribution is -2.38. The van der Waals surface area contributed by atoms with Gasteiger partial charge in [-0.2, -0.15) is 0 Å². The molecule has 0 saturated carbocycles. The van der Waals surface area contributed by atoms with Crippen molar-refractivity contribution in [2.75, 3.05) is 7.11 Å². The van der Waals surface area contributed by atoms with Crippen molar-refractivity contribution in [3.8, 4) is 17.0 Å². The van der Waals surface area contributed by atoms with E-state index in [1.807, 2.05) is 34.9 Å². The van der Waals surface area contributed by atoms with E-state index < -0.39 is 0 Å². The number of fused-ring (bicyclic) bond motifs is 4. The monoisotopic (exact) mass is 593 g/mol. The van der Waals surface area contributed by atoms with E-state index in [0.29, 0.717) is 4.53 Å². The quantitative estimate of drug-likeness (QED) is 0.237. The highest BCUT2D eigenvalue weighted by Gasteiger charge is 2.32. The number of thiazole rings is 1. The Kier molecular flexibility index (Phi) is 6.27. The summed E-state index contributed by atoms with van der Waals surface area (Å²) in [5, 5.41) is 1.12. The van der Waals surface area contributed by atoms with E-state index >= 15 is 0 Å². The van der Waals surface area contributed by atoms with Gasteiger partial charge in [0, 0.05) is 22.0 Å². The number of hydrogen-bond acceptors (Lipinski definition) is 4. The molecule has 1 aliphatic carbocycles. The van der Waals surface area contributed by atoms with Crippen molar-refractivity contribution in [2.45, 2.75) is 32.7 Å². The third kappa shape index (κ3) is 4.20. The summed E-state index contributed by atoms with van der Waals surface area (Å²) in [5.41, 5.74) is 12.3. The molecule has 0 bridgehead atoms. The number of aromatic nitrogens is 2. The van der Waals surface area contributed by atoms with E-state index in [9.17, 15) is 4.79 Å². The van der Waals surface area contributed by atoms with Gasteiger partial charge in [-0.05, 0) is 78.8 Å². The van der Waals surface area contributed by atoms with Crippen molar-refractivity contribution in [1.29, 1.82) is 0 Å². The molecule has 2 aromatic heterocycles. The Balaban J connectivity index is 1.40. The van der Waals surface area contributed by atoms with Crippen LogP contribution in [0.25, 0.3) is 33.9 Å². The Bertz CT molecular complexity index is 2300. The zero-order chi connectivity index (χ0) is 29.9. The maximum absolute atomic E-state index is 14.5. The van der Waals surface area contributed by atoms with Gasteiger partial charge in [-0.3, -0.25) is 9.36 Å². The first-order chi connectivity index (χ1) is 21.5. The van der Waals surface area contributed by atoms with Crippen molar-refractivity contribution >= 4 is 34.0 Å². The van der Waals surface area contributed by atoms with Gasteiger partial charge in [0.2, 0.25) is 0 Å². The van der Waals surface area contributed by atoms with Crippen LogP contribution in [-0.2, 0) is 6.42 Å². The Morgan fingerprint density at radius 3 is 2.52 bits per heavy atom. The zero-order valence-corrected chi connectivity index (χ0v) is 25.7. The van der Waals surface area contributed by atoms with E-state index in [4.69, 9.17) is 9.73 Å². The maximum atomic E-state index is 14.5. The first-order valence-electron chi connectivity index (χ1n) is 15.0. The molecule has 0 fully saturated rings. The molecule has 0 amide bonds. The summed E-state index contributed by atoms with van der Waals surface area (Å²) in [7, 11) is 1.67. The van der Waals surface area contributed by atoms with Crippen molar-refractivity contribution in [3.05, 3.63) is 150 Å². The molecule has 1 N–H and O–H groups in total. The van der Waals surface area contributed by atoms with Gasteiger partial charge in [0.1, 0.15) is 5.75 Å². The minimum Gasteiger partial charge on any atom is -0.497 e. The summed E-state index contributed by atoms with van der Waals surface area (Å²) in [5.74, 6) is 0.794. The van der Waals surface area contributed by atoms with Gasteiger partial charge in [-0.25, -0.2) is 4.99 Å². The van der Waals surface area contributed by atoms with Crippen LogP contribution in [0.5, 0.6) is 5.75 Å². The predicted molar refractivity (Wildman–Crippen MR) is 179 cm³/mol. The number of methoxy groups -OCH3 is 1. The molecule has 2 aliphatic rings. The van der Waals surface area contributed by atoms with Crippen molar-refractivity contribution in [2.24, 2.45) is 4.99 Å². The maximum Gasteiger partial charge on any atom is 0.271 e. The van der Waals surface area contributed by atoms with E-state index in [-0.39, 0.29) is 11.6 Å². The zero-order valence-electron chi connectivity index (χ0n) is 24.8. The molecule has 6 aromatic rings. The molecular formula is C38H31N3O2S. The Morgan fingerprint density at radius 2 is 1.73 bits per heavy atom. The predicted octanol–water partition coefficient (Wildman–Crippen LogP) is 7.09. The minimum atomic E-state index is -0.233. The Morgan fingerprint density at radius 1 is 0.955 bits per heavy atom. The molecule has 1 aliphatic heterocycles. The third-order valence-corrected chi connectivity index (χ3v) is 9.91. The van der Waals surface area contributed by atoms with E-state index in [1.165, 1.54) is 39.2 Å². The molecule has 44 heavy (non-hydrogen) atoms. The highest BCUT2D eigenvalue weighted by atomic mass is 32.1. The fourth-order valence-electron chi connectivity index (χ4n) is 6.90. The average Bonchev–Trinajstić information content (AvgIpc) is 3.57. The van der Waals surface area contributed by atoms with Crippen LogP contribution in [-0.4, -0.2) is 16.7 Å². The number of allylic oxidation sites excluding steroid dienone is 1. The fraction of sp³-hybridized carbons (Fsp3) is 0.158. The number of rotatable bonds is 4. The van der Waals surface area contributed by atoms with Gasteiger partial charge in [0.15, 0.2) is 4.80 Å². The minimum absolute atomic E-state index is 0.0160. The van der Waals surface area contributed by atoms with Crippen LogP contribution in [0.1, 0.15) is 45.8 Å². The van der Waals surface area contributed by atoms with Gasteiger partial charge in [0.25, 0.3) is 5.56 Å². The molecule has 8 rings (SSSR count). The van der Waals surface area contributed by atoms with E-state index in [0.717, 1.165) is 62.4 Å². The SMILES string of the molecule is COc1ccc([C@@H]2C3=C(N=c4s/c(=C/c5c(-c6ccccc6)[nH]c6c(C)cc(C)cc56)c(=O)n42)c2ccccc2CC3)cc1. The van der Waals surface area contributed by atoms with Gasteiger partial charge in [-0.1, -0.05) is 89.7 Å². The van der Waals surface area contributed by atoms with Crippen LogP contribution in [0.2, 0.25) is 0 Å². The molecule has 0 spiro atoms. The summed E-state index contributed by atoms with van der Waals surface area (Å²) in [6.45, 7) is 4.26. The van der Waals surface area contributed by atoms with Crippen molar-refractivity contribution in [1.82, 2.24) is 9.55 Å². The summed E-state index contributed by atoms with van der Waals surface area (Å²) in [4.78, 5) is 24.1. The van der Waals surface area contributed by atoms with Crippen molar-refractivity contribution < 1.29 is 4.74 Å². The number of nitrogens with one attached hydrogen (secondary N) is 1. The Hall–Kier alpha value is -4.94. The number of hydrogen-bond donors (Lipinski definition) is 1. The van der Waals surface area contributed by atoms with Crippen LogP contribution in [0.3, 0.4) is 0 Å². The lowest BCUT2D eigenvalue weighted by atomic mass is 9.83. The number of benzene rings is 4. The molecule has 6 heteroatoms. The van der Waals surface area contributed by atoms with Gasteiger partial charge in [0.05, 0.1) is 29.1 Å². The van der Waals surface area contributed by atoms with Crippen LogP contribution in [0.4, 0.5) is 0 Å². The summed E-state index contributed by atoms with van der Waals surface area (Å²) in [6.07, 6.45) is 3.86. The van der Waals surface area contributed by atoms with Gasteiger partial charge >= 0.3 is 0 Å². The highest BCUT2D eigenvalue weighted by molar-refractivity contribution is 7.07. The second-order valence-electron chi connectivity index (χ2n) is 11.7. The number of ether oxygens (including phenoxy) is 1. The molecule has 4 aromatic carbocycles. The van der Waals surface area contributed by atoms with Crippen molar-refractivity contribution in [3.63, 3.8) is 0 Å². The fourth-order valence-corrected chi connectivity index (χ4v) is 7.88. The van der Waals surface area contributed by atoms with Crippen LogP contribution in [0.15, 0.2) is 106 Å². The first-order valence-corrected chi connectivity index (χ1v) is 15.8. The van der Waals surface area contributed by atoms with Crippen LogP contribution >= 0.6 is 11.3 Å². The smallest absolute Gasteiger partial charge is 0.271 e. The van der Waals surface area contributed by atoms with Gasteiger partial charge in [-0.15, -0.1) is 0 Å². The second kappa shape index (κ2) is 10.4. The molecule has 3 heterocycles. The summed E-state index contributed by atoms with van der Waals surface area (Å²) < 4.78 is 8.05. The summed E-state index contributed by atoms with van der Waals surface area (Å²) in [6, 6.07) is 31.2. The number of H-pyrrole nitrogens is 1. The highest BCUT2D eigenvalue weighted by Crippen LogP contribution is 2.41. The normalized spacial score (nSPS) is 16.0. The number of nitrogens with zero attached hydrogens (tertiary/aromatic N) is 2. The second-order valence-corrected chi connectivity index (χ2v) is 12.7. The molecule has 216 valence electrons. The van der Waals surface area contributed by atoms with E-state index in [2.05, 4.69) is 85.6 Å². The number of aryl methyl sites for hydroxylation is 3. The summed E-state index contributed by atoms with van der Waals surface area (Å²) >= 11 is 1.47. The lowest BCUT2D eigenvalue weighted by molar-refractivity contribution is 0.414. The molecular weight excluding hydrogens is 563 g/mol. The molecule has 0 radical (unpaired) electrons. The first kappa shape index (κ1) is 26.7. The van der Waals surface area contributed by atoms with Crippen LogP contribution < -0.4 is 19.6 Å². The Labute approximate surface area is 259 Å². The number of aromatic amines is 1. The topological polar surface area (TPSA) is 59.4 Å². The third-order valence-electron chi connectivity index (χ3n) is 8.93. The molecule has 0 saturated heterocycles. The lowest BCUT2D eigenvalue weighted by Gasteiger charge is -2.30. The largest absolute Gasteiger partial charge is 0.497 e. The molecule has 0 unspecified atom stereocenters. The molecule has 1 atom stereocenters. The van der Waals surface area contributed by atoms with Gasteiger partial charge < -0.3 is 9.72 Å². The average molecular weight is 594 g/mol. The van der Waals surface area contributed by atoms with E-state index in [1.54, 1.807) is 7.11 Å².